The molecule has 1 atom stereocenters. The molecule has 2 fully saturated rings. The number of carbonyl (C=O) groups excluding carboxylic acids is 3. The van der Waals surface area contributed by atoms with Gasteiger partial charge in [-0.05, 0) is 79.2 Å². The van der Waals surface area contributed by atoms with Crippen LogP contribution in [0.2, 0.25) is 0 Å². The minimum Gasteiger partial charge on any atom is -0.489 e. The monoisotopic (exact) mass is 540 g/mol. The minimum atomic E-state index is -0.535. The molecule has 0 bridgehead atoms. The first-order valence-electron chi connectivity index (χ1n) is 14.1. The molecule has 7 heteroatoms. The largest absolute Gasteiger partial charge is 0.489 e. The van der Waals surface area contributed by atoms with Crippen molar-refractivity contribution in [2.24, 2.45) is 0 Å². The van der Waals surface area contributed by atoms with Crippen molar-refractivity contribution >= 4 is 17.5 Å². The van der Waals surface area contributed by atoms with E-state index in [0.717, 1.165) is 43.6 Å². The molecule has 0 radical (unpaired) electrons. The summed E-state index contributed by atoms with van der Waals surface area (Å²) in [5.41, 5.74) is 4.89. The van der Waals surface area contributed by atoms with Crippen LogP contribution in [0.15, 0.2) is 66.7 Å². The number of amides is 1. The summed E-state index contributed by atoms with van der Waals surface area (Å²) in [5, 5.41) is 0. The lowest BCUT2D eigenvalue weighted by Gasteiger charge is -2.32. The Hall–Kier alpha value is -3.84. The summed E-state index contributed by atoms with van der Waals surface area (Å²) in [6.07, 6.45) is 2.80. The molecule has 2 aliphatic heterocycles. The fraction of sp³-hybridized carbons (Fsp3) is 0.364. The zero-order chi connectivity index (χ0) is 27.6. The molecule has 0 N–H and O–H groups in total. The average molecular weight is 541 g/mol. The van der Waals surface area contributed by atoms with E-state index < -0.39 is 6.04 Å². The van der Waals surface area contributed by atoms with Crippen LogP contribution < -0.4 is 4.74 Å². The predicted octanol–water partition coefficient (Wildman–Crippen LogP) is 5.43. The molecule has 1 saturated heterocycles. The lowest BCUT2D eigenvalue weighted by atomic mass is 9.89. The number of fused-ring (bicyclic) bond motifs is 1. The van der Waals surface area contributed by atoms with E-state index in [1.807, 2.05) is 24.3 Å². The highest BCUT2D eigenvalue weighted by atomic mass is 19.1. The molecular formula is C33H33FN2O4. The zero-order valence-corrected chi connectivity index (χ0v) is 22.5. The Morgan fingerprint density at radius 3 is 2.30 bits per heavy atom. The van der Waals surface area contributed by atoms with Gasteiger partial charge in [-0.1, -0.05) is 42.5 Å². The average Bonchev–Trinajstić information content (AvgIpc) is 3.30. The van der Waals surface area contributed by atoms with E-state index in [4.69, 9.17) is 4.74 Å². The standard InChI is InChI=1S/C33H33FN2O4/c34-26-10-8-24(9-11-26)25-14-16-35(17-15-25)19-22-4-6-23(7-5-22)21-40-32-3-1-2-28-29(32)20-36(33(28)39)30-13-12-27(37)18-31(30)38/h1-11,25,30H,12-21H2/t30-/m0/s1. The van der Waals surface area contributed by atoms with Crippen LogP contribution in [-0.4, -0.2) is 46.4 Å². The van der Waals surface area contributed by atoms with Gasteiger partial charge in [0, 0.05) is 24.1 Å². The minimum absolute atomic E-state index is 0.0492. The third-order valence-electron chi connectivity index (χ3n) is 8.52. The van der Waals surface area contributed by atoms with Gasteiger partial charge in [-0.25, -0.2) is 4.39 Å². The fourth-order valence-electron chi connectivity index (χ4n) is 6.22. The highest BCUT2D eigenvalue weighted by molar-refractivity contribution is 6.07. The molecule has 0 aromatic heterocycles. The van der Waals surface area contributed by atoms with E-state index in [1.54, 1.807) is 23.1 Å². The van der Waals surface area contributed by atoms with Crippen LogP contribution in [0.1, 0.15) is 70.6 Å². The van der Waals surface area contributed by atoms with Crippen molar-refractivity contribution in [1.82, 2.24) is 9.80 Å². The van der Waals surface area contributed by atoms with Gasteiger partial charge < -0.3 is 9.64 Å². The number of hydrogen-bond acceptors (Lipinski definition) is 5. The molecule has 3 aromatic rings. The molecule has 40 heavy (non-hydrogen) atoms. The molecule has 0 spiro atoms. The van der Waals surface area contributed by atoms with Crippen LogP contribution in [0.25, 0.3) is 0 Å². The van der Waals surface area contributed by atoms with Crippen LogP contribution in [-0.2, 0) is 29.3 Å². The maximum Gasteiger partial charge on any atom is 0.255 e. The lowest BCUT2D eigenvalue weighted by Crippen LogP contribution is -2.44. The number of ketones is 2. The van der Waals surface area contributed by atoms with Crippen molar-refractivity contribution in [3.63, 3.8) is 0 Å². The zero-order valence-electron chi connectivity index (χ0n) is 22.5. The Balaban J connectivity index is 1.03. The second-order valence-electron chi connectivity index (χ2n) is 11.2. The molecular weight excluding hydrogens is 507 g/mol. The Kier molecular flexibility index (Phi) is 7.48. The Morgan fingerprint density at radius 1 is 0.850 bits per heavy atom. The van der Waals surface area contributed by atoms with E-state index in [9.17, 15) is 18.8 Å². The van der Waals surface area contributed by atoms with Gasteiger partial charge >= 0.3 is 0 Å². The number of benzene rings is 3. The van der Waals surface area contributed by atoms with Crippen LogP contribution in [0.5, 0.6) is 5.75 Å². The van der Waals surface area contributed by atoms with E-state index >= 15 is 0 Å². The smallest absolute Gasteiger partial charge is 0.255 e. The molecule has 3 aliphatic rings. The topological polar surface area (TPSA) is 66.9 Å². The molecule has 1 aliphatic carbocycles. The van der Waals surface area contributed by atoms with Crippen molar-refractivity contribution in [3.8, 4) is 5.75 Å². The highest BCUT2D eigenvalue weighted by Crippen LogP contribution is 2.35. The lowest BCUT2D eigenvalue weighted by molar-refractivity contribution is -0.133. The first-order chi connectivity index (χ1) is 19.4. The van der Waals surface area contributed by atoms with Crippen LogP contribution in [0.3, 0.4) is 0 Å². The number of nitrogens with zero attached hydrogens (tertiary/aromatic N) is 2. The summed E-state index contributed by atoms with van der Waals surface area (Å²) in [4.78, 5) is 41.2. The highest BCUT2D eigenvalue weighted by Gasteiger charge is 2.40. The van der Waals surface area contributed by atoms with E-state index in [0.29, 0.717) is 43.2 Å². The Labute approximate surface area is 233 Å². The molecule has 0 unspecified atom stereocenters. The summed E-state index contributed by atoms with van der Waals surface area (Å²) in [6.45, 7) is 3.64. The number of Topliss-reactive ketones (excluding diaryl/α,β-unsaturated/α-hetero) is 2. The molecule has 3 aromatic carbocycles. The van der Waals surface area contributed by atoms with Crippen molar-refractivity contribution in [3.05, 3.63) is 100 Å². The molecule has 6 rings (SSSR count). The summed E-state index contributed by atoms with van der Waals surface area (Å²) < 4.78 is 19.4. The van der Waals surface area contributed by atoms with Gasteiger partial charge in [0.1, 0.15) is 24.0 Å². The van der Waals surface area contributed by atoms with Gasteiger partial charge in [0.2, 0.25) is 0 Å². The first kappa shape index (κ1) is 26.4. The normalized spacial score (nSPS) is 20.2. The van der Waals surface area contributed by atoms with Crippen molar-refractivity contribution in [1.29, 1.82) is 0 Å². The van der Waals surface area contributed by atoms with Crippen LogP contribution >= 0.6 is 0 Å². The fourth-order valence-corrected chi connectivity index (χ4v) is 6.22. The van der Waals surface area contributed by atoms with Gasteiger partial charge in [-0.3, -0.25) is 19.3 Å². The van der Waals surface area contributed by atoms with Crippen molar-refractivity contribution in [2.75, 3.05) is 13.1 Å². The summed E-state index contributed by atoms with van der Waals surface area (Å²) in [7, 11) is 0. The number of piperidine rings is 1. The summed E-state index contributed by atoms with van der Waals surface area (Å²) >= 11 is 0. The number of likely N-dealkylation sites (tertiary alicyclic amines) is 1. The van der Waals surface area contributed by atoms with Crippen molar-refractivity contribution < 1.29 is 23.5 Å². The number of rotatable bonds is 7. The molecule has 1 amide bonds. The summed E-state index contributed by atoms with van der Waals surface area (Å²) in [6, 6.07) is 20.3. The predicted molar refractivity (Wildman–Crippen MR) is 148 cm³/mol. The van der Waals surface area contributed by atoms with E-state index in [-0.39, 0.29) is 29.7 Å². The maximum atomic E-state index is 13.2. The summed E-state index contributed by atoms with van der Waals surface area (Å²) in [5.74, 6) is 0.575. The molecule has 6 nitrogen and oxygen atoms in total. The SMILES string of the molecule is O=C1CC[C@H](N2Cc3c(OCc4ccc(CN5CCC(c6ccc(F)cc6)CC5)cc4)cccc3C2=O)C(=O)C1. The van der Waals surface area contributed by atoms with Crippen LogP contribution in [0, 0.1) is 5.82 Å². The van der Waals surface area contributed by atoms with Crippen LogP contribution in [0.4, 0.5) is 4.39 Å². The third-order valence-corrected chi connectivity index (χ3v) is 8.52. The number of carbonyl (C=O) groups is 3. The first-order valence-corrected chi connectivity index (χ1v) is 14.1. The van der Waals surface area contributed by atoms with Gasteiger partial charge in [0.25, 0.3) is 5.91 Å². The van der Waals surface area contributed by atoms with Gasteiger partial charge in [-0.2, -0.15) is 0 Å². The van der Waals surface area contributed by atoms with Gasteiger partial charge in [0.15, 0.2) is 5.78 Å². The molecule has 1 saturated carbocycles. The Morgan fingerprint density at radius 2 is 1.57 bits per heavy atom. The number of hydrogen-bond donors (Lipinski definition) is 0. The Bertz CT molecular complexity index is 1410. The van der Waals surface area contributed by atoms with E-state index in [1.165, 1.54) is 11.1 Å². The molecule has 2 heterocycles. The number of ether oxygens (including phenoxy) is 1. The maximum absolute atomic E-state index is 13.2. The quantitative estimate of drug-likeness (QED) is 0.374. The second kappa shape index (κ2) is 11.3. The van der Waals surface area contributed by atoms with Gasteiger partial charge in [0.05, 0.1) is 19.0 Å². The van der Waals surface area contributed by atoms with E-state index in [2.05, 4.69) is 29.2 Å². The third kappa shape index (κ3) is 5.56. The second-order valence-corrected chi connectivity index (χ2v) is 11.2. The molecule has 206 valence electrons. The van der Waals surface area contributed by atoms with Gasteiger partial charge in [-0.15, -0.1) is 0 Å². The van der Waals surface area contributed by atoms with Crippen molar-refractivity contribution in [2.45, 2.75) is 63.8 Å². The number of halogens is 1.